The summed E-state index contributed by atoms with van der Waals surface area (Å²) >= 11 is 0. The van der Waals surface area contributed by atoms with Gasteiger partial charge in [-0.1, -0.05) is 12.2 Å². The number of carbonyl (C=O) groups is 2. The first-order valence-electron chi connectivity index (χ1n) is 8.25. The molecular formula is C18H21FN2O3. The Morgan fingerprint density at radius 2 is 2.25 bits per heavy atom. The van der Waals surface area contributed by atoms with Gasteiger partial charge in [0.2, 0.25) is 5.91 Å². The smallest absolute Gasteiger partial charge is 0.260 e. The molecule has 24 heavy (non-hydrogen) atoms. The molecule has 1 heterocycles. The summed E-state index contributed by atoms with van der Waals surface area (Å²) in [5.41, 5.74) is 0.643. The van der Waals surface area contributed by atoms with Gasteiger partial charge in [0.25, 0.3) is 5.91 Å². The lowest BCUT2D eigenvalue weighted by molar-refractivity contribution is -0.133. The van der Waals surface area contributed by atoms with E-state index >= 15 is 0 Å². The summed E-state index contributed by atoms with van der Waals surface area (Å²) in [4.78, 5) is 25.8. The Hall–Kier alpha value is -2.37. The van der Waals surface area contributed by atoms with Crippen LogP contribution in [0.15, 0.2) is 30.4 Å². The summed E-state index contributed by atoms with van der Waals surface area (Å²) in [5, 5.41) is 2.89. The van der Waals surface area contributed by atoms with Crippen molar-refractivity contribution in [1.82, 2.24) is 10.2 Å². The van der Waals surface area contributed by atoms with Crippen molar-refractivity contribution in [3.63, 3.8) is 0 Å². The van der Waals surface area contributed by atoms with Crippen molar-refractivity contribution in [3.8, 4) is 5.75 Å². The molecule has 0 radical (unpaired) electrons. The summed E-state index contributed by atoms with van der Waals surface area (Å²) in [7, 11) is 0. The number of carbonyl (C=O) groups excluding carboxylic acids is 2. The number of rotatable bonds is 4. The zero-order chi connectivity index (χ0) is 16.9. The lowest BCUT2D eigenvalue weighted by Crippen LogP contribution is -2.40. The van der Waals surface area contributed by atoms with Crippen LogP contribution >= 0.6 is 0 Å². The van der Waals surface area contributed by atoms with Crippen LogP contribution in [0.25, 0.3) is 0 Å². The average molecular weight is 332 g/mol. The van der Waals surface area contributed by atoms with Gasteiger partial charge in [-0.3, -0.25) is 9.59 Å². The van der Waals surface area contributed by atoms with E-state index in [4.69, 9.17) is 4.74 Å². The second-order valence-electron chi connectivity index (χ2n) is 6.13. The molecule has 0 saturated heterocycles. The van der Waals surface area contributed by atoms with E-state index in [0.29, 0.717) is 24.4 Å². The molecule has 1 atom stereocenters. The van der Waals surface area contributed by atoms with Crippen LogP contribution in [-0.4, -0.2) is 36.4 Å². The fraction of sp³-hybridized carbons (Fsp3) is 0.444. The van der Waals surface area contributed by atoms with Crippen LogP contribution in [0.1, 0.15) is 24.8 Å². The van der Waals surface area contributed by atoms with Crippen LogP contribution < -0.4 is 10.1 Å². The molecule has 2 aliphatic rings. The first kappa shape index (κ1) is 16.5. The van der Waals surface area contributed by atoms with Crippen LogP contribution in [0.5, 0.6) is 5.75 Å². The van der Waals surface area contributed by atoms with E-state index in [9.17, 15) is 14.0 Å². The normalized spacial score (nSPS) is 20.1. The maximum Gasteiger partial charge on any atom is 0.260 e. The Balaban J connectivity index is 1.55. The molecule has 0 bridgehead atoms. The van der Waals surface area contributed by atoms with Crippen molar-refractivity contribution in [1.29, 1.82) is 0 Å². The predicted octanol–water partition coefficient (Wildman–Crippen LogP) is 2.02. The maximum absolute atomic E-state index is 13.4. The Morgan fingerprint density at radius 3 is 3.04 bits per heavy atom. The van der Waals surface area contributed by atoms with E-state index in [2.05, 4.69) is 11.4 Å². The van der Waals surface area contributed by atoms with Gasteiger partial charge in [0.15, 0.2) is 6.61 Å². The van der Waals surface area contributed by atoms with Gasteiger partial charge in [0.05, 0.1) is 0 Å². The van der Waals surface area contributed by atoms with E-state index in [0.717, 1.165) is 19.3 Å². The zero-order valence-electron chi connectivity index (χ0n) is 13.5. The minimum Gasteiger partial charge on any atom is -0.483 e. The van der Waals surface area contributed by atoms with Crippen molar-refractivity contribution in [2.75, 3.05) is 19.7 Å². The van der Waals surface area contributed by atoms with Gasteiger partial charge >= 0.3 is 0 Å². The van der Waals surface area contributed by atoms with Gasteiger partial charge in [-0.05, 0) is 37.5 Å². The molecule has 1 aliphatic carbocycles. The Labute approximate surface area is 140 Å². The van der Waals surface area contributed by atoms with Gasteiger partial charge in [0, 0.05) is 31.1 Å². The van der Waals surface area contributed by atoms with Gasteiger partial charge in [0.1, 0.15) is 11.6 Å². The maximum atomic E-state index is 13.4. The summed E-state index contributed by atoms with van der Waals surface area (Å²) < 4.78 is 18.8. The highest BCUT2D eigenvalue weighted by Gasteiger charge is 2.23. The molecule has 0 spiro atoms. The number of hydrogen-bond donors (Lipinski definition) is 1. The number of hydrogen-bond acceptors (Lipinski definition) is 3. The van der Waals surface area contributed by atoms with Crippen LogP contribution in [0.2, 0.25) is 0 Å². The molecule has 5 nitrogen and oxygen atoms in total. The van der Waals surface area contributed by atoms with E-state index in [1.165, 1.54) is 12.1 Å². The molecule has 0 fully saturated rings. The molecule has 0 aromatic heterocycles. The molecule has 128 valence electrons. The molecule has 3 rings (SSSR count). The van der Waals surface area contributed by atoms with Crippen LogP contribution in [0.4, 0.5) is 4.39 Å². The van der Waals surface area contributed by atoms with Crippen LogP contribution in [0, 0.1) is 11.7 Å². The molecule has 2 amide bonds. The highest BCUT2D eigenvalue weighted by molar-refractivity contribution is 5.80. The number of benzene rings is 1. The number of nitrogens with one attached hydrogen (secondary N) is 1. The van der Waals surface area contributed by atoms with Crippen molar-refractivity contribution in [2.45, 2.75) is 25.8 Å². The van der Waals surface area contributed by atoms with Crippen molar-refractivity contribution in [3.05, 3.63) is 41.7 Å². The van der Waals surface area contributed by atoms with Gasteiger partial charge < -0.3 is 15.0 Å². The molecular weight excluding hydrogens is 311 g/mol. The van der Waals surface area contributed by atoms with E-state index in [-0.39, 0.29) is 36.7 Å². The topological polar surface area (TPSA) is 58.6 Å². The third-order valence-electron chi connectivity index (χ3n) is 4.41. The predicted molar refractivity (Wildman–Crippen MR) is 86.8 cm³/mol. The first-order chi connectivity index (χ1) is 11.6. The number of amides is 2. The first-order valence-corrected chi connectivity index (χ1v) is 8.25. The van der Waals surface area contributed by atoms with Gasteiger partial charge in [-0.25, -0.2) is 4.39 Å². The summed E-state index contributed by atoms with van der Waals surface area (Å²) in [6, 6.07) is 4.24. The fourth-order valence-corrected chi connectivity index (χ4v) is 3.03. The Morgan fingerprint density at radius 1 is 1.38 bits per heavy atom. The molecule has 1 aliphatic heterocycles. The van der Waals surface area contributed by atoms with E-state index in [1.54, 1.807) is 11.0 Å². The molecule has 6 heteroatoms. The van der Waals surface area contributed by atoms with Crippen molar-refractivity contribution >= 4 is 11.8 Å². The Kier molecular flexibility index (Phi) is 5.13. The molecule has 1 aromatic carbocycles. The Bertz CT molecular complexity index is 660. The largest absolute Gasteiger partial charge is 0.483 e. The molecule has 1 N–H and O–H groups in total. The van der Waals surface area contributed by atoms with Crippen molar-refractivity contribution < 1.29 is 18.7 Å². The average Bonchev–Trinajstić information content (AvgIpc) is 2.75. The van der Waals surface area contributed by atoms with Crippen LogP contribution in [0.3, 0.4) is 0 Å². The molecule has 0 saturated carbocycles. The number of halogens is 1. The van der Waals surface area contributed by atoms with E-state index in [1.807, 2.05) is 6.08 Å². The monoisotopic (exact) mass is 332 g/mol. The zero-order valence-corrected chi connectivity index (χ0v) is 13.5. The summed E-state index contributed by atoms with van der Waals surface area (Å²) in [6.07, 6.45) is 6.70. The lowest BCUT2D eigenvalue weighted by atomic mass is 9.94. The van der Waals surface area contributed by atoms with Gasteiger partial charge in [-0.15, -0.1) is 0 Å². The van der Waals surface area contributed by atoms with Crippen LogP contribution in [-0.2, 0) is 16.1 Å². The third kappa shape index (κ3) is 3.93. The second-order valence-corrected chi connectivity index (χ2v) is 6.13. The minimum absolute atomic E-state index is 0.0213. The SMILES string of the molecule is O=C(NCCN1Cc2cc(F)ccc2OCC1=O)[C@@H]1CC=CCC1. The number of nitrogens with zero attached hydrogens (tertiary/aromatic N) is 1. The van der Waals surface area contributed by atoms with Crippen molar-refractivity contribution in [2.24, 2.45) is 5.92 Å². The standard InChI is InChI=1S/C18H21FN2O3/c19-15-6-7-16-14(10-15)11-21(17(22)12-24-16)9-8-20-18(23)13-4-2-1-3-5-13/h1-2,6-7,10,13H,3-5,8-9,11-12H2,(H,20,23)/t13-/m1/s1. The highest BCUT2D eigenvalue weighted by atomic mass is 19.1. The minimum atomic E-state index is -0.356. The molecule has 0 unspecified atom stereocenters. The molecule has 1 aromatic rings. The quantitative estimate of drug-likeness (QED) is 0.858. The van der Waals surface area contributed by atoms with Gasteiger partial charge in [-0.2, -0.15) is 0 Å². The summed E-state index contributed by atoms with van der Waals surface area (Å²) in [6.45, 7) is 0.982. The lowest BCUT2D eigenvalue weighted by Gasteiger charge is -2.22. The summed E-state index contributed by atoms with van der Waals surface area (Å²) in [5.74, 6) is 0.0642. The number of ether oxygens (including phenoxy) is 1. The number of allylic oxidation sites excluding steroid dienone is 2. The number of fused-ring (bicyclic) bond motifs is 1. The second kappa shape index (κ2) is 7.47. The fourth-order valence-electron chi connectivity index (χ4n) is 3.03. The third-order valence-corrected chi connectivity index (χ3v) is 4.41. The van der Waals surface area contributed by atoms with E-state index < -0.39 is 0 Å². The highest BCUT2D eigenvalue weighted by Crippen LogP contribution is 2.24.